The van der Waals surface area contributed by atoms with Crippen molar-refractivity contribution in [2.45, 2.75) is 11.8 Å². The molecule has 0 aliphatic rings. The summed E-state index contributed by atoms with van der Waals surface area (Å²) in [7, 11) is -3.18. The van der Waals surface area contributed by atoms with Gasteiger partial charge in [-0.2, -0.15) is 5.10 Å². The van der Waals surface area contributed by atoms with Crippen molar-refractivity contribution in [3.8, 4) is 11.1 Å². The average molecular weight is 251 g/mol. The van der Waals surface area contributed by atoms with Gasteiger partial charge in [0.2, 0.25) is 0 Å². The zero-order valence-electron chi connectivity index (χ0n) is 9.56. The van der Waals surface area contributed by atoms with Crippen LogP contribution in [0.25, 0.3) is 11.1 Å². The molecule has 0 spiro atoms. The first kappa shape index (κ1) is 11.7. The van der Waals surface area contributed by atoms with Gasteiger partial charge in [-0.25, -0.2) is 8.42 Å². The van der Waals surface area contributed by atoms with Gasteiger partial charge in [0.25, 0.3) is 0 Å². The highest BCUT2D eigenvalue weighted by molar-refractivity contribution is 7.90. The fourth-order valence-electron chi connectivity index (χ4n) is 1.68. The number of benzene rings is 1. The summed E-state index contributed by atoms with van der Waals surface area (Å²) in [6.07, 6.45) is 2.81. The quantitative estimate of drug-likeness (QED) is 0.843. The predicted molar refractivity (Wildman–Crippen MR) is 66.3 cm³/mol. The summed E-state index contributed by atoms with van der Waals surface area (Å²) in [5.41, 5.74) is 8.24. The molecule has 1 aromatic carbocycles. The standard InChI is InChI=1S/C11H13N3O2S/c1-7-5-8(17(2,15)16)3-4-9(7)10-6-13-14-11(10)12/h3-6H,1-2H3,(H3,12,13,14). The van der Waals surface area contributed by atoms with E-state index in [9.17, 15) is 8.42 Å². The monoisotopic (exact) mass is 251 g/mol. The van der Waals surface area contributed by atoms with Crippen molar-refractivity contribution >= 4 is 15.7 Å². The molecular formula is C11H13N3O2S. The molecule has 1 heterocycles. The Morgan fingerprint density at radius 3 is 2.47 bits per heavy atom. The fraction of sp³-hybridized carbons (Fsp3) is 0.182. The smallest absolute Gasteiger partial charge is 0.175 e. The number of anilines is 1. The molecule has 0 amide bonds. The maximum absolute atomic E-state index is 11.4. The van der Waals surface area contributed by atoms with Gasteiger partial charge >= 0.3 is 0 Å². The number of nitrogens with zero attached hydrogens (tertiary/aromatic N) is 1. The van der Waals surface area contributed by atoms with Crippen LogP contribution < -0.4 is 5.73 Å². The lowest BCUT2D eigenvalue weighted by atomic mass is 10.0. The van der Waals surface area contributed by atoms with Crippen molar-refractivity contribution in [2.24, 2.45) is 0 Å². The van der Waals surface area contributed by atoms with Crippen LogP contribution in [0.1, 0.15) is 5.56 Å². The summed E-state index contributed by atoms with van der Waals surface area (Å²) >= 11 is 0. The zero-order chi connectivity index (χ0) is 12.6. The first-order chi connectivity index (χ1) is 7.89. The van der Waals surface area contributed by atoms with Crippen LogP contribution in [0.15, 0.2) is 29.3 Å². The Balaban J connectivity index is 2.57. The molecule has 0 saturated carbocycles. The molecule has 0 aliphatic carbocycles. The summed E-state index contributed by atoms with van der Waals surface area (Å²) in [4.78, 5) is 0.306. The first-order valence-electron chi connectivity index (χ1n) is 4.99. The second kappa shape index (κ2) is 3.89. The van der Waals surface area contributed by atoms with Gasteiger partial charge < -0.3 is 5.73 Å². The number of nitrogens with two attached hydrogens (primary N) is 1. The molecule has 3 N–H and O–H groups in total. The van der Waals surface area contributed by atoms with E-state index in [1.54, 1.807) is 24.4 Å². The van der Waals surface area contributed by atoms with Crippen LogP contribution in [0.5, 0.6) is 0 Å². The molecule has 0 radical (unpaired) electrons. The van der Waals surface area contributed by atoms with Crippen LogP contribution in [-0.4, -0.2) is 24.9 Å². The molecule has 0 bridgehead atoms. The van der Waals surface area contributed by atoms with Crippen molar-refractivity contribution in [1.29, 1.82) is 0 Å². The number of rotatable bonds is 2. The number of aromatic nitrogens is 2. The summed E-state index contributed by atoms with van der Waals surface area (Å²) in [5.74, 6) is 0.472. The summed E-state index contributed by atoms with van der Waals surface area (Å²) < 4.78 is 22.8. The second-order valence-electron chi connectivity index (χ2n) is 3.95. The summed E-state index contributed by atoms with van der Waals surface area (Å²) in [6.45, 7) is 1.84. The van der Waals surface area contributed by atoms with Gasteiger partial charge in [0, 0.05) is 11.8 Å². The van der Waals surface area contributed by atoms with Crippen LogP contribution in [-0.2, 0) is 9.84 Å². The van der Waals surface area contributed by atoms with Crippen molar-refractivity contribution in [3.05, 3.63) is 30.0 Å². The number of nitrogen functional groups attached to an aromatic ring is 1. The molecule has 0 atom stereocenters. The number of aryl methyl sites for hydroxylation is 1. The number of sulfone groups is 1. The minimum Gasteiger partial charge on any atom is -0.384 e. The van der Waals surface area contributed by atoms with E-state index < -0.39 is 9.84 Å². The third kappa shape index (κ3) is 2.16. The number of hydrogen-bond donors (Lipinski definition) is 2. The van der Waals surface area contributed by atoms with Crippen LogP contribution in [0, 0.1) is 6.92 Å². The maximum atomic E-state index is 11.4. The highest BCUT2D eigenvalue weighted by atomic mass is 32.2. The molecule has 2 rings (SSSR count). The van der Waals surface area contributed by atoms with Gasteiger partial charge in [-0.3, -0.25) is 5.10 Å². The molecule has 0 saturated heterocycles. The van der Waals surface area contributed by atoms with Crippen LogP contribution in [0.4, 0.5) is 5.82 Å². The number of aromatic amines is 1. The molecule has 0 fully saturated rings. The minimum atomic E-state index is -3.18. The number of hydrogen-bond acceptors (Lipinski definition) is 4. The van der Waals surface area contributed by atoms with Crippen molar-refractivity contribution < 1.29 is 8.42 Å². The predicted octanol–water partition coefficient (Wildman–Crippen LogP) is 1.37. The van der Waals surface area contributed by atoms with E-state index in [1.165, 1.54) is 6.26 Å². The third-order valence-corrected chi connectivity index (χ3v) is 3.70. The molecule has 6 heteroatoms. The average Bonchev–Trinajstić information content (AvgIpc) is 2.63. The fourth-order valence-corrected chi connectivity index (χ4v) is 2.39. The normalized spacial score (nSPS) is 11.6. The largest absolute Gasteiger partial charge is 0.384 e. The highest BCUT2D eigenvalue weighted by Gasteiger charge is 2.12. The summed E-state index contributed by atoms with van der Waals surface area (Å²) in [6, 6.07) is 4.95. The van der Waals surface area contributed by atoms with Gasteiger partial charge in [-0.05, 0) is 30.2 Å². The number of H-pyrrole nitrogens is 1. The first-order valence-corrected chi connectivity index (χ1v) is 6.88. The number of nitrogens with one attached hydrogen (secondary N) is 1. The molecule has 1 aromatic heterocycles. The topological polar surface area (TPSA) is 88.8 Å². The van der Waals surface area contributed by atoms with E-state index in [4.69, 9.17) is 5.73 Å². The van der Waals surface area contributed by atoms with Crippen LogP contribution in [0.3, 0.4) is 0 Å². The van der Waals surface area contributed by atoms with Gasteiger partial charge in [-0.1, -0.05) is 6.07 Å². The van der Waals surface area contributed by atoms with Crippen molar-refractivity contribution in [2.75, 3.05) is 12.0 Å². The molecule has 90 valence electrons. The maximum Gasteiger partial charge on any atom is 0.175 e. The molecule has 17 heavy (non-hydrogen) atoms. The lowest BCUT2D eigenvalue weighted by molar-refractivity contribution is 0.602. The van der Waals surface area contributed by atoms with Gasteiger partial charge in [-0.15, -0.1) is 0 Å². The van der Waals surface area contributed by atoms with Crippen LogP contribution >= 0.6 is 0 Å². The van der Waals surface area contributed by atoms with E-state index in [2.05, 4.69) is 10.2 Å². The minimum absolute atomic E-state index is 0.306. The van der Waals surface area contributed by atoms with E-state index in [-0.39, 0.29) is 0 Å². The second-order valence-corrected chi connectivity index (χ2v) is 5.96. The Morgan fingerprint density at radius 1 is 1.29 bits per heavy atom. The van der Waals surface area contributed by atoms with Gasteiger partial charge in [0.15, 0.2) is 9.84 Å². The van der Waals surface area contributed by atoms with E-state index >= 15 is 0 Å². The molecule has 0 unspecified atom stereocenters. The van der Waals surface area contributed by atoms with E-state index in [1.807, 2.05) is 6.92 Å². The van der Waals surface area contributed by atoms with Crippen molar-refractivity contribution in [3.63, 3.8) is 0 Å². The molecule has 2 aromatic rings. The van der Waals surface area contributed by atoms with Gasteiger partial charge in [0.05, 0.1) is 11.1 Å². The zero-order valence-corrected chi connectivity index (χ0v) is 10.4. The Morgan fingerprint density at radius 2 is 2.00 bits per heavy atom. The third-order valence-electron chi connectivity index (χ3n) is 2.59. The Hall–Kier alpha value is -1.82. The van der Waals surface area contributed by atoms with Crippen molar-refractivity contribution in [1.82, 2.24) is 10.2 Å². The van der Waals surface area contributed by atoms with E-state index in [0.29, 0.717) is 10.7 Å². The lowest BCUT2D eigenvalue weighted by Gasteiger charge is -2.06. The van der Waals surface area contributed by atoms with Gasteiger partial charge in [0.1, 0.15) is 5.82 Å². The summed E-state index contributed by atoms with van der Waals surface area (Å²) in [5, 5.41) is 6.49. The Bertz CT molecular complexity index is 659. The Labute approximate surface area is 99.6 Å². The molecular weight excluding hydrogens is 238 g/mol. The van der Waals surface area contributed by atoms with Crippen LogP contribution in [0.2, 0.25) is 0 Å². The lowest BCUT2D eigenvalue weighted by Crippen LogP contribution is -1.98. The molecule has 0 aliphatic heterocycles. The Kier molecular flexibility index (Phi) is 2.66. The highest BCUT2D eigenvalue weighted by Crippen LogP contribution is 2.28. The van der Waals surface area contributed by atoms with E-state index in [0.717, 1.165) is 16.7 Å². The SMILES string of the molecule is Cc1cc(S(C)(=O)=O)ccc1-c1cn[nH]c1N. The molecule has 5 nitrogen and oxygen atoms in total.